The van der Waals surface area contributed by atoms with E-state index in [-0.39, 0.29) is 31.3 Å². The molecule has 13 heteroatoms. The molecule has 222 valence electrons. The third-order valence-electron chi connectivity index (χ3n) is 9.44. The number of alkyl halides is 4. The summed E-state index contributed by atoms with van der Waals surface area (Å²) in [4.78, 5) is 13.7. The molecule has 41 heavy (non-hydrogen) atoms. The van der Waals surface area contributed by atoms with E-state index in [1.54, 1.807) is 0 Å². The number of benzene rings is 1. The van der Waals surface area contributed by atoms with Gasteiger partial charge in [-0.25, -0.2) is 8.78 Å². The van der Waals surface area contributed by atoms with E-state index in [2.05, 4.69) is 20.1 Å². The van der Waals surface area contributed by atoms with Crippen molar-refractivity contribution in [3.8, 4) is 6.01 Å². The fourth-order valence-corrected chi connectivity index (χ4v) is 7.53. The van der Waals surface area contributed by atoms with E-state index >= 15 is 4.39 Å². The van der Waals surface area contributed by atoms with E-state index in [1.807, 2.05) is 0 Å². The smallest absolute Gasteiger partial charge is 0.416 e. The number of rotatable bonds is 5. The first-order valence-electron chi connectivity index (χ1n) is 14.3. The Balaban J connectivity index is 1.24. The molecular formula is C28H33F5N6O2. The number of aromatic nitrogens is 2. The summed E-state index contributed by atoms with van der Waals surface area (Å²) in [5, 5.41) is 3.59. The first-order valence-corrected chi connectivity index (χ1v) is 14.3. The fraction of sp³-hybridized carbons (Fsp3) is 0.643. The van der Waals surface area contributed by atoms with E-state index in [0.29, 0.717) is 55.2 Å². The van der Waals surface area contributed by atoms with Crippen molar-refractivity contribution in [2.24, 2.45) is 0 Å². The quantitative estimate of drug-likeness (QED) is 0.407. The molecule has 0 radical (unpaired) electrons. The van der Waals surface area contributed by atoms with Gasteiger partial charge in [0.25, 0.3) is 0 Å². The Kier molecular flexibility index (Phi) is 6.55. The molecule has 0 aliphatic carbocycles. The van der Waals surface area contributed by atoms with Gasteiger partial charge in [0.05, 0.1) is 35.2 Å². The van der Waals surface area contributed by atoms with Gasteiger partial charge in [-0.05, 0) is 44.4 Å². The minimum Gasteiger partial charge on any atom is -0.461 e. The molecule has 5 aliphatic heterocycles. The van der Waals surface area contributed by atoms with Crippen molar-refractivity contribution in [1.29, 1.82) is 0 Å². The standard InChI is InChI=1S/C28H33F5N6O2/c29-15-9-27(6-1-7-39(27)10-15)14-41-26-36-21-8-22(23-19(28(31,32)33)4-5-20(34)24(23)30)40-13-18(21)25(37-26)38-11-16-2-3-17(12-38)35-16/h4-5,15-17,22,35H,1-3,6-14,34H2. The molecule has 5 aliphatic rings. The Hall–Kier alpha value is -2.77. The minimum absolute atomic E-state index is 0.0817. The van der Waals surface area contributed by atoms with Crippen LogP contribution in [-0.4, -0.2) is 71.4 Å². The summed E-state index contributed by atoms with van der Waals surface area (Å²) < 4.78 is 83.2. The Bertz CT molecular complexity index is 1330. The SMILES string of the molecule is Nc1ccc(C(F)(F)F)c(C2Cc3nc(OCC45CCCN4CC(F)C5)nc(N4CC5CCC(C4)N5)c3CO2)c1F. The van der Waals surface area contributed by atoms with Gasteiger partial charge in [-0.3, -0.25) is 4.90 Å². The number of halogens is 5. The van der Waals surface area contributed by atoms with Gasteiger partial charge < -0.3 is 25.4 Å². The molecule has 2 bridgehead atoms. The van der Waals surface area contributed by atoms with Gasteiger partial charge >= 0.3 is 12.2 Å². The monoisotopic (exact) mass is 580 g/mol. The third kappa shape index (κ3) is 4.79. The van der Waals surface area contributed by atoms with E-state index in [1.165, 1.54) is 0 Å². The van der Waals surface area contributed by atoms with Crippen molar-refractivity contribution in [1.82, 2.24) is 20.2 Å². The van der Waals surface area contributed by atoms with Gasteiger partial charge in [0.15, 0.2) is 5.82 Å². The van der Waals surface area contributed by atoms with Crippen molar-refractivity contribution < 1.29 is 31.4 Å². The minimum atomic E-state index is -4.79. The second-order valence-corrected chi connectivity index (χ2v) is 12.1. The number of piperazine rings is 1. The zero-order valence-electron chi connectivity index (χ0n) is 22.5. The topological polar surface area (TPSA) is 88.8 Å². The molecule has 5 atom stereocenters. The number of ether oxygens (including phenoxy) is 2. The second kappa shape index (κ2) is 9.91. The number of hydrogen-bond acceptors (Lipinski definition) is 8. The maximum absolute atomic E-state index is 15.1. The van der Waals surface area contributed by atoms with Gasteiger partial charge in [-0.1, -0.05) is 0 Å². The van der Waals surface area contributed by atoms with Crippen molar-refractivity contribution in [3.05, 3.63) is 40.3 Å². The number of anilines is 2. The lowest BCUT2D eigenvalue weighted by molar-refractivity contribution is -0.140. The predicted molar refractivity (Wildman–Crippen MR) is 140 cm³/mol. The summed E-state index contributed by atoms with van der Waals surface area (Å²) in [7, 11) is 0. The van der Waals surface area contributed by atoms with Crippen molar-refractivity contribution >= 4 is 11.5 Å². The van der Waals surface area contributed by atoms with Gasteiger partial charge in [-0.2, -0.15) is 23.1 Å². The molecule has 1 aromatic carbocycles. The summed E-state index contributed by atoms with van der Waals surface area (Å²) >= 11 is 0. The first-order chi connectivity index (χ1) is 19.6. The van der Waals surface area contributed by atoms with E-state index in [0.717, 1.165) is 44.4 Å². The zero-order valence-corrected chi connectivity index (χ0v) is 22.5. The maximum Gasteiger partial charge on any atom is 0.416 e. The highest BCUT2D eigenvalue weighted by Gasteiger charge is 2.49. The lowest BCUT2D eigenvalue weighted by Crippen LogP contribution is -2.52. The number of nitrogens with zero attached hydrogens (tertiary/aromatic N) is 4. The Morgan fingerprint density at radius 1 is 1.15 bits per heavy atom. The van der Waals surface area contributed by atoms with Crippen molar-refractivity contribution in [3.63, 3.8) is 0 Å². The normalized spacial score (nSPS) is 31.4. The van der Waals surface area contributed by atoms with Crippen LogP contribution < -0.4 is 20.7 Å². The molecule has 0 saturated carbocycles. The number of hydrogen-bond donors (Lipinski definition) is 2. The van der Waals surface area contributed by atoms with E-state index < -0.39 is 40.9 Å². The van der Waals surface area contributed by atoms with Gasteiger partial charge in [-0.15, -0.1) is 0 Å². The van der Waals surface area contributed by atoms with E-state index in [9.17, 15) is 17.6 Å². The number of nitrogens with one attached hydrogen (secondary N) is 1. The molecule has 4 saturated heterocycles. The highest BCUT2D eigenvalue weighted by Crippen LogP contribution is 2.44. The summed E-state index contributed by atoms with van der Waals surface area (Å²) in [5.74, 6) is -0.512. The molecule has 6 heterocycles. The molecule has 0 amide bonds. The highest BCUT2D eigenvalue weighted by atomic mass is 19.4. The largest absolute Gasteiger partial charge is 0.461 e. The average Bonchev–Trinajstić information content (AvgIpc) is 3.57. The first kappa shape index (κ1) is 27.1. The van der Waals surface area contributed by atoms with Crippen LogP contribution >= 0.6 is 0 Å². The van der Waals surface area contributed by atoms with Gasteiger partial charge in [0.1, 0.15) is 18.6 Å². The maximum atomic E-state index is 15.1. The lowest BCUT2D eigenvalue weighted by atomic mass is 9.93. The summed E-state index contributed by atoms with van der Waals surface area (Å²) in [5.41, 5.74) is 4.26. The number of nitrogen functional groups attached to an aromatic ring is 1. The van der Waals surface area contributed by atoms with Gasteiger partial charge in [0, 0.05) is 55.7 Å². The van der Waals surface area contributed by atoms with Crippen molar-refractivity contribution in [2.45, 2.75) is 81.2 Å². The molecule has 8 nitrogen and oxygen atoms in total. The highest BCUT2D eigenvalue weighted by molar-refractivity contribution is 5.53. The van der Waals surface area contributed by atoms with Crippen LogP contribution in [0.4, 0.5) is 33.5 Å². The molecular weight excluding hydrogens is 547 g/mol. The zero-order chi connectivity index (χ0) is 28.5. The third-order valence-corrected chi connectivity index (χ3v) is 9.44. The van der Waals surface area contributed by atoms with Crippen LogP contribution in [0.3, 0.4) is 0 Å². The average molecular weight is 581 g/mol. The Labute approximate surface area is 234 Å². The second-order valence-electron chi connectivity index (χ2n) is 12.1. The van der Waals surface area contributed by atoms with Crippen LogP contribution in [0.15, 0.2) is 12.1 Å². The van der Waals surface area contributed by atoms with Crippen molar-refractivity contribution in [2.75, 3.05) is 43.4 Å². The van der Waals surface area contributed by atoms with Crippen LogP contribution in [0.25, 0.3) is 0 Å². The summed E-state index contributed by atoms with van der Waals surface area (Å²) in [6.07, 6.45) is -2.79. The number of fused-ring (bicyclic) bond motifs is 4. The fourth-order valence-electron chi connectivity index (χ4n) is 7.53. The van der Waals surface area contributed by atoms with Crippen LogP contribution in [0.5, 0.6) is 6.01 Å². The van der Waals surface area contributed by atoms with E-state index in [4.69, 9.17) is 20.2 Å². The van der Waals surface area contributed by atoms with Crippen LogP contribution in [0.2, 0.25) is 0 Å². The number of nitrogens with two attached hydrogens (primary N) is 1. The van der Waals surface area contributed by atoms with Gasteiger partial charge in [0.2, 0.25) is 0 Å². The molecule has 1 aromatic heterocycles. The lowest BCUT2D eigenvalue weighted by Gasteiger charge is -2.37. The molecule has 2 aromatic rings. The van der Waals surface area contributed by atoms with Crippen LogP contribution in [0, 0.1) is 5.82 Å². The Morgan fingerprint density at radius 3 is 2.68 bits per heavy atom. The molecule has 7 rings (SSSR count). The van der Waals surface area contributed by atoms with Crippen LogP contribution in [-0.2, 0) is 23.9 Å². The molecule has 0 spiro atoms. The molecule has 5 unspecified atom stereocenters. The summed E-state index contributed by atoms with van der Waals surface area (Å²) in [6, 6.07) is 2.42. The molecule has 4 fully saturated rings. The molecule has 3 N–H and O–H groups in total. The predicted octanol–water partition coefficient (Wildman–Crippen LogP) is 3.93. The summed E-state index contributed by atoms with van der Waals surface area (Å²) in [6.45, 7) is 2.77. The van der Waals surface area contributed by atoms with Crippen LogP contribution in [0.1, 0.15) is 60.6 Å². The Morgan fingerprint density at radius 2 is 1.93 bits per heavy atom.